The highest BCUT2D eigenvalue weighted by Crippen LogP contribution is 2.27. The minimum atomic E-state index is 0.265. The predicted octanol–water partition coefficient (Wildman–Crippen LogP) is 2.40. The second-order valence-corrected chi connectivity index (χ2v) is 6.86. The van der Waals surface area contributed by atoms with E-state index in [1.165, 1.54) is 25.9 Å². The van der Waals surface area contributed by atoms with Crippen molar-refractivity contribution in [2.45, 2.75) is 53.0 Å². The molecule has 0 aromatic rings. The first kappa shape index (κ1) is 13.0. The van der Waals surface area contributed by atoms with E-state index in [0.717, 1.165) is 12.5 Å². The van der Waals surface area contributed by atoms with Gasteiger partial charge in [0, 0.05) is 5.54 Å². The second-order valence-electron chi connectivity index (χ2n) is 6.86. The van der Waals surface area contributed by atoms with Gasteiger partial charge in [0.25, 0.3) is 0 Å². The Balaban J connectivity index is 2.28. The Morgan fingerprint density at radius 3 is 2.33 bits per heavy atom. The van der Waals surface area contributed by atoms with E-state index in [1.807, 2.05) is 0 Å². The van der Waals surface area contributed by atoms with Crippen molar-refractivity contribution in [3.8, 4) is 0 Å². The molecule has 2 N–H and O–H groups in total. The van der Waals surface area contributed by atoms with Crippen LogP contribution >= 0.6 is 0 Å². The van der Waals surface area contributed by atoms with Crippen LogP contribution in [0.3, 0.4) is 0 Å². The van der Waals surface area contributed by atoms with Crippen LogP contribution in [0.5, 0.6) is 0 Å². The third-order valence-corrected chi connectivity index (χ3v) is 3.00. The Morgan fingerprint density at radius 1 is 1.20 bits per heavy atom. The summed E-state index contributed by atoms with van der Waals surface area (Å²) in [5.41, 5.74) is 0.672. The van der Waals surface area contributed by atoms with Crippen molar-refractivity contribution < 1.29 is 0 Å². The molecule has 1 saturated heterocycles. The minimum Gasteiger partial charge on any atom is -0.316 e. The zero-order chi connectivity index (χ0) is 11.5. The van der Waals surface area contributed by atoms with Gasteiger partial charge in [-0.1, -0.05) is 20.8 Å². The molecule has 1 fully saturated rings. The van der Waals surface area contributed by atoms with Gasteiger partial charge in [0.15, 0.2) is 0 Å². The van der Waals surface area contributed by atoms with Crippen LogP contribution in [0.1, 0.15) is 47.5 Å². The average Bonchev–Trinajstić information content (AvgIpc) is 2.47. The summed E-state index contributed by atoms with van der Waals surface area (Å²) in [4.78, 5) is 0. The largest absolute Gasteiger partial charge is 0.316 e. The molecular weight excluding hydrogens is 184 g/mol. The fraction of sp³-hybridized carbons (Fsp3) is 1.00. The molecule has 0 aliphatic carbocycles. The molecule has 15 heavy (non-hydrogen) atoms. The summed E-state index contributed by atoms with van der Waals surface area (Å²) in [6.45, 7) is 15.1. The molecule has 1 rings (SSSR count). The highest BCUT2D eigenvalue weighted by atomic mass is 15.0. The molecule has 1 aliphatic heterocycles. The standard InChI is InChI=1S/C13H28N2/c1-12(2,3)10-13(4,5)15-9-11-6-7-14-8-11/h11,14-15H,6-10H2,1-5H3. The van der Waals surface area contributed by atoms with E-state index < -0.39 is 0 Å². The fourth-order valence-corrected chi connectivity index (χ4v) is 2.70. The molecule has 0 amide bonds. The molecule has 1 unspecified atom stereocenters. The smallest absolute Gasteiger partial charge is 0.0130 e. The van der Waals surface area contributed by atoms with Gasteiger partial charge in [-0.2, -0.15) is 0 Å². The van der Waals surface area contributed by atoms with Crippen LogP contribution in [-0.4, -0.2) is 25.2 Å². The SMILES string of the molecule is CC(C)(C)CC(C)(C)NCC1CCNC1. The molecule has 0 bridgehead atoms. The topological polar surface area (TPSA) is 24.1 Å². The lowest BCUT2D eigenvalue weighted by Gasteiger charge is -2.34. The number of hydrogen-bond acceptors (Lipinski definition) is 2. The van der Waals surface area contributed by atoms with E-state index in [0.29, 0.717) is 5.41 Å². The summed E-state index contributed by atoms with van der Waals surface area (Å²) >= 11 is 0. The molecule has 0 saturated carbocycles. The first-order valence-corrected chi connectivity index (χ1v) is 6.24. The van der Waals surface area contributed by atoms with E-state index in [1.54, 1.807) is 0 Å². The van der Waals surface area contributed by atoms with Crippen LogP contribution in [0.25, 0.3) is 0 Å². The lowest BCUT2D eigenvalue weighted by Crippen LogP contribution is -2.44. The maximum Gasteiger partial charge on any atom is 0.0130 e. The van der Waals surface area contributed by atoms with E-state index >= 15 is 0 Å². The van der Waals surface area contributed by atoms with Gasteiger partial charge in [-0.15, -0.1) is 0 Å². The summed E-state index contributed by atoms with van der Waals surface area (Å²) in [6, 6.07) is 0. The van der Waals surface area contributed by atoms with E-state index in [9.17, 15) is 0 Å². The predicted molar refractivity (Wildman–Crippen MR) is 67.1 cm³/mol. The molecule has 0 radical (unpaired) electrons. The van der Waals surface area contributed by atoms with Crippen molar-refractivity contribution >= 4 is 0 Å². The van der Waals surface area contributed by atoms with Gasteiger partial charge >= 0.3 is 0 Å². The van der Waals surface area contributed by atoms with Crippen LogP contribution in [0.4, 0.5) is 0 Å². The molecule has 0 aromatic heterocycles. The van der Waals surface area contributed by atoms with E-state index in [-0.39, 0.29) is 5.54 Å². The monoisotopic (exact) mass is 212 g/mol. The molecule has 1 aliphatic rings. The van der Waals surface area contributed by atoms with Crippen molar-refractivity contribution in [3.63, 3.8) is 0 Å². The third kappa shape index (κ3) is 5.53. The van der Waals surface area contributed by atoms with Gasteiger partial charge in [-0.05, 0) is 57.7 Å². The van der Waals surface area contributed by atoms with E-state index in [4.69, 9.17) is 0 Å². The number of hydrogen-bond donors (Lipinski definition) is 2. The van der Waals surface area contributed by atoms with Gasteiger partial charge in [-0.3, -0.25) is 0 Å². The van der Waals surface area contributed by atoms with Crippen LogP contribution in [-0.2, 0) is 0 Å². The van der Waals surface area contributed by atoms with Gasteiger partial charge in [-0.25, -0.2) is 0 Å². The normalized spacial score (nSPS) is 23.4. The third-order valence-electron chi connectivity index (χ3n) is 3.00. The summed E-state index contributed by atoms with van der Waals surface area (Å²) in [5, 5.41) is 7.13. The molecular formula is C13H28N2. The quantitative estimate of drug-likeness (QED) is 0.748. The Hall–Kier alpha value is -0.0800. The lowest BCUT2D eigenvalue weighted by atomic mass is 9.81. The van der Waals surface area contributed by atoms with E-state index in [2.05, 4.69) is 45.3 Å². The molecule has 2 heteroatoms. The second kappa shape index (κ2) is 4.84. The number of nitrogens with one attached hydrogen (secondary N) is 2. The molecule has 0 spiro atoms. The summed E-state index contributed by atoms with van der Waals surface area (Å²) in [7, 11) is 0. The summed E-state index contributed by atoms with van der Waals surface area (Å²) in [5.74, 6) is 0.837. The van der Waals surface area contributed by atoms with Gasteiger partial charge in [0.05, 0.1) is 0 Å². The zero-order valence-corrected chi connectivity index (χ0v) is 11.1. The molecule has 2 nitrogen and oxygen atoms in total. The van der Waals surface area contributed by atoms with Crippen molar-refractivity contribution in [1.82, 2.24) is 10.6 Å². The van der Waals surface area contributed by atoms with Crippen LogP contribution in [0, 0.1) is 11.3 Å². The zero-order valence-electron chi connectivity index (χ0n) is 11.1. The Bertz CT molecular complexity index is 185. The van der Waals surface area contributed by atoms with Crippen LogP contribution in [0.15, 0.2) is 0 Å². The summed E-state index contributed by atoms with van der Waals surface area (Å²) in [6.07, 6.45) is 2.55. The van der Waals surface area contributed by atoms with Crippen LogP contribution < -0.4 is 10.6 Å². The molecule has 1 atom stereocenters. The van der Waals surface area contributed by atoms with Crippen LogP contribution in [0.2, 0.25) is 0 Å². The molecule has 0 aromatic carbocycles. The highest BCUT2D eigenvalue weighted by molar-refractivity contribution is 4.85. The Morgan fingerprint density at radius 2 is 1.87 bits per heavy atom. The van der Waals surface area contributed by atoms with Crippen molar-refractivity contribution in [1.29, 1.82) is 0 Å². The number of rotatable bonds is 4. The Kier molecular flexibility index (Phi) is 4.19. The van der Waals surface area contributed by atoms with Gasteiger partial charge < -0.3 is 10.6 Å². The molecule has 90 valence electrons. The fourth-order valence-electron chi connectivity index (χ4n) is 2.70. The lowest BCUT2D eigenvalue weighted by molar-refractivity contribution is 0.234. The van der Waals surface area contributed by atoms with Crippen molar-refractivity contribution in [2.75, 3.05) is 19.6 Å². The average molecular weight is 212 g/mol. The van der Waals surface area contributed by atoms with Crippen molar-refractivity contribution in [2.24, 2.45) is 11.3 Å². The first-order chi connectivity index (χ1) is 6.79. The Labute approximate surface area is 95.2 Å². The van der Waals surface area contributed by atoms with Crippen molar-refractivity contribution in [3.05, 3.63) is 0 Å². The molecule has 1 heterocycles. The highest BCUT2D eigenvalue weighted by Gasteiger charge is 2.26. The van der Waals surface area contributed by atoms with Gasteiger partial charge in [0.2, 0.25) is 0 Å². The maximum atomic E-state index is 3.72. The summed E-state index contributed by atoms with van der Waals surface area (Å²) < 4.78 is 0. The van der Waals surface area contributed by atoms with Gasteiger partial charge in [0.1, 0.15) is 0 Å². The minimum absolute atomic E-state index is 0.265. The first-order valence-electron chi connectivity index (χ1n) is 6.24. The maximum absolute atomic E-state index is 3.72.